The molecule has 0 radical (unpaired) electrons. The van der Waals surface area contributed by atoms with Crippen LogP contribution in [0.5, 0.6) is 0 Å². The van der Waals surface area contributed by atoms with Crippen LogP contribution in [0.2, 0.25) is 0 Å². The molecule has 16 heavy (non-hydrogen) atoms. The second-order valence-corrected chi connectivity index (χ2v) is 5.26. The normalized spacial score (nSPS) is 27.6. The van der Waals surface area contributed by atoms with Crippen molar-refractivity contribution in [2.24, 2.45) is 11.8 Å². The minimum atomic E-state index is -0.159. The van der Waals surface area contributed by atoms with Crippen LogP contribution in [0.1, 0.15) is 59.3 Å². The number of rotatable bonds is 7. The zero-order valence-electron chi connectivity index (χ0n) is 11.2. The molecule has 0 aliphatic heterocycles. The van der Waals surface area contributed by atoms with Crippen molar-refractivity contribution in [2.45, 2.75) is 71.4 Å². The van der Waals surface area contributed by atoms with Gasteiger partial charge in [0.15, 0.2) is 0 Å². The topological polar surface area (TPSA) is 32.3 Å². The Morgan fingerprint density at radius 3 is 2.44 bits per heavy atom. The zero-order chi connectivity index (χ0) is 12.0. The van der Waals surface area contributed by atoms with Gasteiger partial charge in [-0.2, -0.15) is 0 Å². The molecule has 1 saturated carbocycles. The van der Waals surface area contributed by atoms with Gasteiger partial charge in [-0.1, -0.05) is 46.5 Å². The highest BCUT2D eigenvalue weighted by Gasteiger charge is 2.26. The van der Waals surface area contributed by atoms with Crippen molar-refractivity contribution in [3.05, 3.63) is 0 Å². The average molecular weight is 227 g/mol. The fraction of sp³-hybridized carbons (Fsp3) is 1.00. The first-order valence-corrected chi connectivity index (χ1v) is 7.14. The average Bonchev–Trinajstić information content (AvgIpc) is 2.75. The summed E-state index contributed by atoms with van der Waals surface area (Å²) in [6.45, 7) is 7.40. The van der Waals surface area contributed by atoms with Gasteiger partial charge in [-0.25, -0.2) is 0 Å². The minimum absolute atomic E-state index is 0.159. The molecular formula is C14H29NO. The maximum absolute atomic E-state index is 10.1. The fourth-order valence-electron chi connectivity index (χ4n) is 3.07. The highest BCUT2D eigenvalue weighted by molar-refractivity contribution is 4.83. The van der Waals surface area contributed by atoms with E-state index >= 15 is 0 Å². The highest BCUT2D eigenvalue weighted by Crippen LogP contribution is 2.28. The molecule has 2 heteroatoms. The molecule has 2 nitrogen and oxygen atoms in total. The lowest BCUT2D eigenvalue weighted by molar-refractivity contribution is 0.0964. The molecule has 96 valence electrons. The molecule has 3 unspecified atom stereocenters. The molecule has 2 N–H and O–H groups in total. The summed E-state index contributed by atoms with van der Waals surface area (Å²) < 4.78 is 0. The molecular weight excluding hydrogens is 198 g/mol. The number of hydrogen-bond donors (Lipinski definition) is 2. The van der Waals surface area contributed by atoms with Crippen molar-refractivity contribution in [2.75, 3.05) is 6.54 Å². The van der Waals surface area contributed by atoms with Crippen LogP contribution in [-0.4, -0.2) is 23.8 Å². The Labute approximate surface area is 101 Å². The molecule has 0 bridgehead atoms. The molecule has 1 aliphatic carbocycles. The highest BCUT2D eigenvalue weighted by atomic mass is 16.3. The predicted molar refractivity (Wildman–Crippen MR) is 69.5 cm³/mol. The van der Waals surface area contributed by atoms with Crippen LogP contribution in [0.15, 0.2) is 0 Å². The maximum atomic E-state index is 10.1. The van der Waals surface area contributed by atoms with Gasteiger partial charge in [0.05, 0.1) is 6.10 Å². The number of hydrogen-bond acceptors (Lipinski definition) is 2. The van der Waals surface area contributed by atoms with Gasteiger partial charge in [-0.3, -0.25) is 0 Å². The number of aliphatic hydroxyl groups is 1. The minimum Gasteiger partial charge on any atom is -0.392 e. The summed E-state index contributed by atoms with van der Waals surface area (Å²) in [6.07, 6.45) is 7.31. The van der Waals surface area contributed by atoms with Gasteiger partial charge >= 0.3 is 0 Å². The van der Waals surface area contributed by atoms with E-state index in [-0.39, 0.29) is 6.10 Å². The van der Waals surface area contributed by atoms with Crippen molar-refractivity contribution < 1.29 is 5.11 Å². The van der Waals surface area contributed by atoms with Crippen LogP contribution >= 0.6 is 0 Å². The Morgan fingerprint density at radius 2 is 1.88 bits per heavy atom. The Kier molecular flexibility index (Phi) is 6.37. The van der Waals surface area contributed by atoms with Gasteiger partial charge in [0, 0.05) is 12.6 Å². The van der Waals surface area contributed by atoms with Crippen LogP contribution in [0.25, 0.3) is 0 Å². The van der Waals surface area contributed by atoms with Crippen molar-refractivity contribution in [1.82, 2.24) is 5.32 Å². The molecule has 0 heterocycles. The molecule has 1 aliphatic rings. The van der Waals surface area contributed by atoms with Gasteiger partial charge in [-0.05, 0) is 24.7 Å². The second kappa shape index (κ2) is 7.29. The van der Waals surface area contributed by atoms with E-state index in [0.29, 0.717) is 12.0 Å². The van der Waals surface area contributed by atoms with Crippen molar-refractivity contribution in [3.8, 4) is 0 Å². The zero-order valence-corrected chi connectivity index (χ0v) is 11.2. The van der Waals surface area contributed by atoms with Crippen LogP contribution in [0, 0.1) is 11.8 Å². The fourth-order valence-corrected chi connectivity index (χ4v) is 3.07. The molecule has 3 atom stereocenters. The SMILES string of the molecule is CCC(CC)C(O)CNC1CCCC1CC. The predicted octanol–water partition coefficient (Wildman–Crippen LogP) is 2.95. The summed E-state index contributed by atoms with van der Waals surface area (Å²) in [5.41, 5.74) is 0. The van der Waals surface area contributed by atoms with E-state index in [9.17, 15) is 5.11 Å². The summed E-state index contributed by atoms with van der Waals surface area (Å²) in [7, 11) is 0. The van der Waals surface area contributed by atoms with E-state index in [1.165, 1.54) is 25.7 Å². The lowest BCUT2D eigenvalue weighted by Crippen LogP contribution is -2.40. The van der Waals surface area contributed by atoms with E-state index in [1.807, 2.05) is 0 Å². The Hall–Kier alpha value is -0.0800. The molecule has 0 amide bonds. The summed E-state index contributed by atoms with van der Waals surface area (Å²) in [6, 6.07) is 0.661. The maximum Gasteiger partial charge on any atom is 0.0692 e. The third kappa shape index (κ3) is 3.74. The Balaban J connectivity index is 2.27. The van der Waals surface area contributed by atoms with Crippen molar-refractivity contribution in [3.63, 3.8) is 0 Å². The first kappa shape index (κ1) is 14.0. The van der Waals surface area contributed by atoms with Gasteiger partial charge in [-0.15, -0.1) is 0 Å². The van der Waals surface area contributed by atoms with Crippen LogP contribution < -0.4 is 5.32 Å². The summed E-state index contributed by atoms with van der Waals surface area (Å²) in [5, 5.41) is 13.6. The lowest BCUT2D eigenvalue weighted by atomic mass is 9.95. The molecule has 1 fully saturated rings. The number of nitrogens with one attached hydrogen (secondary N) is 1. The smallest absolute Gasteiger partial charge is 0.0692 e. The van der Waals surface area contributed by atoms with E-state index in [0.717, 1.165) is 25.3 Å². The Bertz CT molecular complexity index is 180. The Morgan fingerprint density at radius 1 is 1.19 bits per heavy atom. The first-order chi connectivity index (χ1) is 7.72. The quantitative estimate of drug-likeness (QED) is 0.701. The first-order valence-electron chi connectivity index (χ1n) is 7.14. The molecule has 0 aromatic heterocycles. The summed E-state index contributed by atoms with van der Waals surface area (Å²) in [5.74, 6) is 1.31. The van der Waals surface area contributed by atoms with E-state index in [1.54, 1.807) is 0 Å². The number of aliphatic hydroxyl groups excluding tert-OH is 1. The second-order valence-electron chi connectivity index (χ2n) is 5.26. The van der Waals surface area contributed by atoms with Crippen LogP contribution in [-0.2, 0) is 0 Å². The van der Waals surface area contributed by atoms with Crippen molar-refractivity contribution in [1.29, 1.82) is 0 Å². The van der Waals surface area contributed by atoms with Gasteiger partial charge in [0.2, 0.25) is 0 Å². The molecule has 0 spiro atoms. The summed E-state index contributed by atoms with van der Waals surface area (Å²) in [4.78, 5) is 0. The molecule has 0 saturated heterocycles. The van der Waals surface area contributed by atoms with E-state index in [2.05, 4.69) is 26.1 Å². The van der Waals surface area contributed by atoms with Gasteiger partial charge in [0.1, 0.15) is 0 Å². The molecule has 0 aromatic carbocycles. The molecule has 0 aromatic rings. The van der Waals surface area contributed by atoms with Crippen LogP contribution in [0.4, 0.5) is 0 Å². The third-order valence-corrected chi connectivity index (χ3v) is 4.37. The van der Waals surface area contributed by atoms with Gasteiger partial charge < -0.3 is 10.4 Å². The monoisotopic (exact) mass is 227 g/mol. The standard InChI is InChI=1S/C14H29NO/c1-4-11(5-2)14(16)10-15-13-9-7-8-12(13)6-3/h11-16H,4-10H2,1-3H3. The van der Waals surface area contributed by atoms with Gasteiger partial charge in [0.25, 0.3) is 0 Å². The molecule has 1 rings (SSSR count). The largest absolute Gasteiger partial charge is 0.392 e. The van der Waals surface area contributed by atoms with Crippen molar-refractivity contribution >= 4 is 0 Å². The van der Waals surface area contributed by atoms with E-state index < -0.39 is 0 Å². The summed E-state index contributed by atoms with van der Waals surface area (Å²) >= 11 is 0. The lowest BCUT2D eigenvalue weighted by Gasteiger charge is -2.25. The third-order valence-electron chi connectivity index (χ3n) is 4.37. The van der Waals surface area contributed by atoms with Crippen LogP contribution in [0.3, 0.4) is 0 Å². The van der Waals surface area contributed by atoms with E-state index in [4.69, 9.17) is 0 Å².